The molecule has 4 amide bonds. The second-order valence-electron chi connectivity index (χ2n) is 12.4. The van der Waals surface area contributed by atoms with Gasteiger partial charge in [0.15, 0.2) is 0 Å². The molecule has 1 aliphatic rings. The fourth-order valence-electron chi connectivity index (χ4n) is 3.62. The molecule has 0 bridgehead atoms. The van der Waals surface area contributed by atoms with Gasteiger partial charge >= 0.3 is 24.0 Å². The minimum Gasteiger partial charge on any atom is -0.481 e. The fraction of sp³-hybridized carbons (Fsp3) is 0.741. The van der Waals surface area contributed by atoms with E-state index in [0.717, 1.165) is 7.11 Å². The molecular weight excluding hydrogens is 556 g/mol. The monoisotopic (exact) mass is 600 g/mol. The quantitative estimate of drug-likeness (QED) is 0.145. The number of esters is 2. The van der Waals surface area contributed by atoms with Crippen molar-refractivity contribution in [1.29, 1.82) is 0 Å². The Bertz CT molecular complexity index is 1060. The molecule has 0 unspecified atom stereocenters. The van der Waals surface area contributed by atoms with Crippen LogP contribution in [0.15, 0.2) is 0 Å². The average molecular weight is 601 g/mol. The topological polar surface area (TPSA) is 216 Å². The van der Waals surface area contributed by atoms with Crippen molar-refractivity contribution in [2.24, 2.45) is 5.92 Å². The van der Waals surface area contributed by atoms with Crippen LogP contribution in [-0.4, -0.2) is 88.8 Å². The van der Waals surface area contributed by atoms with Crippen LogP contribution in [0.3, 0.4) is 0 Å². The number of methoxy groups -OCH3 is 1. The van der Waals surface area contributed by atoms with Crippen molar-refractivity contribution >= 4 is 41.7 Å². The van der Waals surface area contributed by atoms with Crippen LogP contribution in [0.4, 0.5) is 4.79 Å². The van der Waals surface area contributed by atoms with Crippen molar-refractivity contribution in [3.63, 3.8) is 0 Å². The lowest BCUT2D eigenvalue weighted by Crippen LogP contribution is -2.60. The van der Waals surface area contributed by atoms with Gasteiger partial charge in [-0.3, -0.25) is 24.0 Å². The van der Waals surface area contributed by atoms with Gasteiger partial charge in [-0.15, -0.1) is 0 Å². The predicted octanol–water partition coefficient (Wildman–Crippen LogP) is 0.534. The van der Waals surface area contributed by atoms with Crippen LogP contribution in [0.1, 0.15) is 81.1 Å². The van der Waals surface area contributed by atoms with Crippen molar-refractivity contribution in [3.8, 4) is 0 Å². The number of aliphatic carboxylic acids is 1. The summed E-state index contributed by atoms with van der Waals surface area (Å²) in [6, 6.07) is -4.15. The molecule has 0 heterocycles. The zero-order valence-corrected chi connectivity index (χ0v) is 25.7. The summed E-state index contributed by atoms with van der Waals surface area (Å²) >= 11 is 0. The zero-order valence-electron chi connectivity index (χ0n) is 25.7. The number of carbonyl (C=O) groups excluding carboxylic acids is 6. The van der Waals surface area contributed by atoms with Crippen molar-refractivity contribution in [2.45, 2.75) is 116 Å². The van der Waals surface area contributed by atoms with Gasteiger partial charge in [-0.05, 0) is 60.3 Å². The van der Waals surface area contributed by atoms with Crippen LogP contribution in [0, 0.1) is 5.92 Å². The van der Waals surface area contributed by atoms with Gasteiger partial charge in [0.25, 0.3) is 0 Å². The van der Waals surface area contributed by atoms with Crippen LogP contribution in [0.5, 0.6) is 0 Å². The molecule has 1 fully saturated rings. The van der Waals surface area contributed by atoms with Gasteiger partial charge in [0.1, 0.15) is 34.9 Å². The maximum atomic E-state index is 13.3. The van der Waals surface area contributed by atoms with Crippen molar-refractivity contribution in [3.05, 3.63) is 0 Å². The lowest BCUT2D eigenvalue weighted by Gasteiger charge is -2.27. The van der Waals surface area contributed by atoms with E-state index in [1.165, 1.54) is 0 Å². The zero-order chi connectivity index (χ0) is 32.6. The number of hydrogen-bond donors (Lipinski definition) is 5. The molecular formula is C27H44N4O11. The number of carboxylic acid groups (broad SMARTS) is 1. The number of ether oxygens (including phenoxy) is 3. The van der Waals surface area contributed by atoms with E-state index in [9.17, 15) is 38.7 Å². The Morgan fingerprint density at radius 2 is 1.31 bits per heavy atom. The Kier molecular flexibility index (Phi) is 12.3. The van der Waals surface area contributed by atoms with Crippen LogP contribution < -0.4 is 21.3 Å². The molecule has 0 saturated heterocycles. The van der Waals surface area contributed by atoms with E-state index >= 15 is 0 Å². The van der Waals surface area contributed by atoms with Gasteiger partial charge in [0, 0.05) is 0 Å². The molecule has 5 N–H and O–H groups in total. The molecule has 0 spiro atoms. The van der Waals surface area contributed by atoms with E-state index < -0.39 is 95.3 Å². The van der Waals surface area contributed by atoms with Crippen LogP contribution >= 0.6 is 0 Å². The molecule has 238 valence electrons. The SMILES string of the molecule is COC(=O)[C@@H](NC(=O)[C@@H](CC(=O)OC(C)(C)C)NC(=O)C1(NC(=O)[C@H](CC(=O)O)NC(=O)OC(C)(C)C)CC1)C(C)C. The number of amides is 4. The molecule has 0 aliphatic heterocycles. The highest BCUT2D eigenvalue weighted by Crippen LogP contribution is 2.36. The highest BCUT2D eigenvalue weighted by Gasteiger charge is 2.53. The van der Waals surface area contributed by atoms with Crippen molar-refractivity contribution < 1.29 is 52.9 Å². The summed E-state index contributed by atoms with van der Waals surface area (Å²) in [5.74, 6) is -5.97. The lowest BCUT2D eigenvalue weighted by atomic mass is 10.0. The standard InChI is InChI=1S/C27H44N4O11/c1-14(2)19(22(37)40-9)30-20(35)16(13-18(34)41-25(3,4)5)28-23(38)27(10-11-27)31-21(36)15(12-17(32)33)29-24(39)42-26(6,7)8/h14-16,19H,10-13H2,1-9H3,(H,28,38)(H,29,39)(H,30,35)(H,31,36)(H,32,33)/t15-,16+,19-/m0/s1. The minimum absolute atomic E-state index is 0.133. The van der Waals surface area contributed by atoms with E-state index in [0.29, 0.717) is 0 Å². The second kappa shape index (κ2) is 14.3. The molecule has 0 aromatic carbocycles. The number of carbonyl (C=O) groups is 7. The lowest BCUT2D eigenvalue weighted by molar-refractivity contribution is -0.157. The third-order valence-electron chi connectivity index (χ3n) is 5.77. The molecule has 1 aliphatic carbocycles. The fourth-order valence-corrected chi connectivity index (χ4v) is 3.62. The molecule has 0 radical (unpaired) electrons. The van der Waals surface area contributed by atoms with Crippen LogP contribution in [-0.2, 0) is 43.0 Å². The number of hydrogen-bond acceptors (Lipinski definition) is 10. The maximum absolute atomic E-state index is 13.3. The first kappa shape index (κ1) is 36.1. The summed E-state index contributed by atoms with van der Waals surface area (Å²) in [5.41, 5.74) is -3.34. The van der Waals surface area contributed by atoms with E-state index in [1.54, 1.807) is 55.4 Å². The van der Waals surface area contributed by atoms with Gasteiger partial charge in [0.05, 0.1) is 20.0 Å². The van der Waals surface area contributed by atoms with E-state index in [1.807, 2.05) is 0 Å². The maximum Gasteiger partial charge on any atom is 0.408 e. The molecule has 42 heavy (non-hydrogen) atoms. The van der Waals surface area contributed by atoms with Gasteiger partial charge in [-0.25, -0.2) is 9.59 Å². The molecule has 15 nitrogen and oxygen atoms in total. The largest absolute Gasteiger partial charge is 0.481 e. The molecule has 1 saturated carbocycles. The molecule has 0 aromatic heterocycles. The van der Waals surface area contributed by atoms with E-state index in [2.05, 4.69) is 21.3 Å². The molecule has 3 atom stereocenters. The third-order valence-corrected chi connectivity index (χ3v) is 5.77. The number of carboxylic acids is 1. The molecule has 0 aromatic rings. The molecule has 1 rings (SSSR count). The van der Waals surface area contributed by atoms with Gasteiger partial charge in [0.2, 0.25) is 17.7 Å². The van der Waals surface area contributed by atoms with Gasteiger partial charge in [-0.2, -0.15) is 0 Å². The Hall–Kier alpha value is -3.91. The smallest absolute Gasteiger partial charge is 0.408 e. The summed E-state index contributed by atoms with van der Waals surface area (Å²) < 4.78 is 15.1. The average Bonchev–Trinajstić information content (AvgIpc) is 3.58. The van der Waals surface area contributed by atoms with Crippen LogP contribution in [0.2, 0.25) is 0 Å². The highest BCUT2D eigenvalue weighted by molar-refractivity contribution is 6.00. The predicted molar refractivity (Wildman–Crippen MR) is 147 cm³/mol. The summed E-state index contributed by atoms with van der Waals surface area (Å²) in [6.07, 6.45) is -2.15. The van der Waals surface area contributed by atoms with E-state index in [4.69, 9.17) is 14.2 Å². The highest BCUT2D eigenvalue weighted by atomic mass is 16.6. The minimum atomic E-state index is -1.57. The first-order chi connectivity index (χ1) is 19.1. The second-order valence-corrected chi connectivity index (χ2v) is 12.4. The Morgan fingerprint density at radius 1 is 0.786 bits per heavy atom. The van der Waals surface area contributed by atoms with Gasteiger partial charge < -0.3 is 40.6 Å². The number of rotatable bonds is 13. The van der Waals surface area contributed by atoms with E-state index in [-0.39, 0.29) is 12.8 Å². The first-order valence-electron chi connectivity index (χ1n) is 13.5. The van der Waals surface area contributed by atoms with Crippen LogP contribution in [0.25, 0.3) is 0 Å². The molecule has 15 heteroatoms. The Balaban J connectivity index is 3.14. The first-order valence-corrected chi connectivity index (χ1v) is 13.5. The van der Waals surface area contributed by atoms with Crippen molar-refractivity contribution in [2.75, 3.05) is 7.11 Å². The third kappa shape index (κ3) is 12.3. The number of alkyl carbamates (subject to hydrolysis) is 1. The summed E-state index contributed by atoms with van der Waals surface area (Å²) in [6.45, 7) is 12.9. The van der Waals surface area contributed by atoms with Crippen molar-refractivity contribution in [1.82, 2.24) is 21.3 Å². The summed E-state index contributed by atoms with van der Waals surface area (Å²) in [7, 11) is 1.15. The Labute approximate surface area is 245 Å². The normalized spacial score (nSPS) is 16.1. The number of nitrogens with one attached hydrogen (secondary N) is 4. The van der Waals surface area contributed by atoms with Gasteiger partial charge in [-0.1, -0.05) is 13.8 Å². The summed E-state index contributed by atoms with van der Waals surface area (Å²) in [4.78, 5) is 87.8. The Morgan fingerprint density at radius 3 is 1.74 bits per heavy atom. The summed E-state index contributed by atoms with van der Waals surface area (Å²) in [5, 5.41) is 18.8.